The number of rotatable bonds is 7. The van der Waals surface area contributed by atoms with Crippen LogP contribution >= 0.6 is 0 Å². The lowest BCUT2D eigenvalue weighted by molar-refractivity contribution is -0.119. The Balaban J connectivity index is 1.48. The first-order valence-electron chi connectivity index (χ1n) is 8.78. The molecule has 1 aliphatic rings. The highest BCUT2D eigenvalue weighted by atomic mass is 19.1. The Hall–Kier alpha value is -2.89. The molecule has 1 aliphatic heterocycles. The van der Waals surface area contributed by atoms with Gasteiger partial charge in [-0.05, 0) is 42.7 Å². The Morgan fingerprint density at radius 1 is 1.12 bits per heavy atom. The van der Waals surface area contributed by atoms with Crippen LogP contribution in [0.15, 0.2) is 48.5 Å². The summed E-state index contributed by atoms with van der Waals surface area (Å²) < 4.78 is 12.9. The van der Waals surface area contributed by atoms with Gasteiger partial charge in [0.05, 0.1) is 17.9 Å². The molecule has 0 radical (unpaired) electrons. The standard InChI is InChI=1S/C20H22FN3O2/c21-16-9-7-15(8-10-16)11-12-22-19(25)14-23-17-4-1-2-5-18(17)24-13-3-6-20(24)26/h1-2,4-5,7-10,23H,3,6,11-14H2,(H,22,25). The van der Waals surface area contributed by atoms with Crippen molar-refractivity contribution in [2.75, 3.05) is 29.9 Å². The van der Waals surface area contributed by atoms with Crippen LogP contribution < -0.4 is 15.5 Å². The van der Waals surface area contributed by atoms with Crippen LogP contribution in [-0.4, -0.2) is 31.4 Å². The van der Waals surface area contributed by atoms with E-state index in [1.54, 1.807) is 17.0 Å². The van der Waals surface area contributed by atoms with Gasteiger partial charge in [0.25, 0.3) is 0 Å². The number of carbonyl (C=O) groups excluding carboxylic acids is 2. The summed E-state index contributed by atoms with van der Waals surface area (Å²) in [5, 5.41) is 5.95. The van der Waals surface area contributed by atoms with Gasteiger partial charge in [0.1, 0.15) is 5.82 Å². The van der Waals surface area contributed by atoms with Gasteiger partial charge in [0, 0.05) is 19.5 Å². The fourth-order valence-electron chi connectivity index (χ4n) is 3.00. The summed E-state index contributed by atoms with van der Waals surface area (Å²) in [5.74, 6) is -0.283. The van der Waals surface area contributed by atoms with Crippen molar-refractivity contribution in [3.05, 3.63) is 59.9 Å². The number of anilines is 2. The minimum atomic E-state index is -0.267. The number of hydrogen-bond donors (Lipinski definition) is 2. The van der Waals surface area contributed by atoms with E-state index in [9.17, 15) is 14.0 Å². The fraction of sp³-hybridized carbons (Fsp3) is 0.300. The van der Waals surface area contributed by atoms with Gasteiger partial charge in [0.15, 0.2) is 0 Å². The molecule has 0 aromatic heterocycles. The zero-order chi connectivity index (χ0) is 18.4. The van der Waals surface area contributed by atoms with Crippen molar-refractivity contribution in [2.45, 2.75) is 19.3 Å². The molecule has 5 nitrogen and oxygen atoms in total. The lowest BCUT2D eigenvalue weighted by Gasteiger charge is -2.20. The summed E-state index contributed by atoms with van der Waals surface area (Å²) in [6.07, 6.45) is 2.07. The van der Waals surface area contributed by atoms with Crippen LogP contribution in [0, 0.1) is 5.82 Å². The number of nitrogens with one attached hydrogen (secondary N) is 2. The van der Waals surface area contributed by atoms with E-state index in [-0.39, 0.29) is 24.2 Å². The summed E-state index contributed by atoms with van der Waals surface area (Å²) in [5.41, 5.74) is 2.56. The van der Waals surface area contributed by atoms with Gasteiger partial charge < -0.3 is 15.5 Å². The van der Waals surface area contributed by atoms with Crippen molar-refractivity contribution >= 4 is 23.2 Å². The molecule has 26 heavy (non-hydrogen) atoms. The summed E-state index contributed by atoms with van der Waals surface area (Å²) in [4.78, 5) is 25.8. The van der Waals surface area contributed by atoms with Crippen LogP contribution in [0.4, 0.5) is 15.8 Å². The molecule has 6 heteroatoms. The van der Waals surface area contributed by atoms with Crippen molar-refractivity contribution in [3.8, 4) is 0 Å². The molecule has 0 saturated carbocycles. The lowest BCUT2D eigenvalue weighted by Crippen LogP contribution is -2.32. The number of halogens is 1. The molecule has 2 aromatic rings. The molecule has 1 fully saturated rings. The third-order valence-corrected chi connectivity index (χ3v) is 4.36. The second-order valence-corrected chi connectivity index (χ2v) is 6.25. The van der Waals surface area contributed by atoms with Gasteiger partial charge in [-0.1, -0.05) is 24.3 Å². The van der Waals surface area contributed by atoms with Gasteiger partial charge in [-0.3, -0.25) is 9.59 Å². The van der Waals surface area contributed by atoms with E-state index < -0.39 is 0 Å². The molecule has 136 valence electrons. The van der Waals surface area contributed by atoms with E-state index >= 15 is 0 Å². The number of carbonyl (C=O) groups is 2. The maximum Gasteiger partial charge on any atom is 0.239 e. The Labute approximate surface area is 152 Å². The molecule has 0 atom stereocenters. The van der Waals surface area contributed by atoms with E-state index in [4.69, 9.17) is 0 Å². The summed E-state index contributed by atoms with van der Waals surface area (Å²) in [6.45, 7) is 1.32. The third kappa shape index (κ3) is 4.59. The highest BCUT2D eigenvalue weighted by Gasteiger charge is 2.23. The molecule has 1 heterocycles. The van der Waals surface area contributed by atoms with Gasteiger partial charge in [-0.25, -0.2) is 4.39 Å². The van der Waals surface area contributed by atoms with E-state index in [1.807, 2.05) is 24.3 Å². The highest BCUT2D eigenvalue weighted by Crippen LogP contribution is 2.29. The number of nitrogens with zero attached hydrogens (tertiary/aromatic N) is 1. The first kappa shape index (κ1) is 17.9. The van der Waals surface area contributed by atoms with Gasteiger partial charge >= 0.3 is 0 Å². The van der Waals surface area contributed by atoms with Crippen LogP contribution in [0.25, 0.3) is 0 Å². The third-order valence-electron chi connectivity index (χ3n) is 4.36. The monoisotopic (exact) mass is 355 g/mol. The molecular weight excluding hydrogens is 333 g/mol. The largest absolute Gasteiger partial charge is 0.374 e. The molecular formula is C20H22FN3O2. The van der Waals surface area contributed by atoms with E-state index in [0.717, 1.165) is 23.4 Å². The van der Waals surface area contributed by atoms with Gasteiger partial charge in [-0.15, -0.1) is 0 Å². The average Bonchev–Trinajstić information content (AvgIpc) is 3.08. The Bertz CT molecular complexity index is 777. The molecule has 2 N–H and O–H groups in total. The van der Waals surface area contributed by atoms with E-state index in [1.165, 1.54) is 12.1 Å². The van der Waals surface area contributed by atoms with Crippen molar-refractivity contribution < 1.29 is 14.0 Å². The van der Waals surface area contributed by atoms with Crippen LogP contribution in [0.2, 0.25) is 0 Å². The number of benzene rings is 2. The zero-order valence-corrected chi connectivity index (χ0v) is 14.5. The number of amides is 2. The second kappa shape index (κ2) is 8.47. The SMILES string of the molecule is O=C(CNc1ccccc1N1CCCC1=O)NCCc1ccc(F)cc1. The summed E-state index contributed by atoms with van der Waals surface area (Å²) >= 11 is 0. The molecule has 0 spiro atoms. The first-order chi connectivity index (χ1) is 12.6. The average molecular weight is 355 g/mol. The summed E-state index contributed by atoms with van der Waals surface area (Å²) in [6, 6.07) is 13.8. The molecule has 1 saturated heterocycles. The van der Waals surface area contributed by atoms with Crippen molar-refractivity contribution in [1.29, 1.82) is 0 Å². The quantitative estimate of drug-likeness (QED) is 0.803. The lowest BCUT2D eigenvalue weighted by atomic mass is 10.1. The topological polar surface area (TPSA) is 61.4 Å². The molecule has 3 rings (SSSR count). The van der Waals surface area contributed by atoms with Gasteiger partial charge in [-0.2, -0.15) is 0 Å². The van der Waals surface area contributed by atoms with E-state index in [0.29, 0.717) is 25.9 Å². The Morgan fingerprint density at radius 3 is 2.62 bits per heavy atom. The normalized spacial score (nSPS) is 13.7. The van der Waals surface area contributed by atoms with Crippen LogP contribution in [0.5, 0.6) is 0 Å². The van der Waals surface area contributed by atoms with Gasteiger partial charge in [0.2, 0.25) is 11.8 Å². The van der Waals surface area contributed by atoms with Crippen LogP contribution in [-0.2, 0) is 16.0 Å². The number of para-hydroxylation sites is 2. The maximum atomic E-state index is 12.9. The minimum Gasteiger partial charge on any atom is -0.374 e. The van der Waals surface area contributed by atoms with Crippen LogP contribution in [0.1, 0.15) is 18.4 Å². The zero-order valence-electron chi connectivity index (χ0n) is 14.5. The van der Waals surface area contributed by atoms with E-state index in [2.05, 4.69) is 10.6 Å². The predicted molar refractivity (Wildman–Crippen MR) is 99.6 cm³/mol. The van der Waals surface area contributed by atoms with Crippen molar-refractivity contribution in [3.63, 3.8) is 0 Å². The Kier molecular flexibility index (Phi) is 5.84. The second-order valence-electron chi connectivity index (χ2n) is 6.25. The fourth-order valence-corrected chi connectivity index (χ4v) is 3.00. The summed E-state index contributed by atoms with van der Waals surface area (Å²) in [7, 11) is 0. The maximum absolute atomic E-state index is 12.9. The minimum absolute atomic E-state index is 0.114. The van der Waals surface area contributed by atoms with Crippen molar-refractivity contribution in [2.24, 2.45) is 0 Å². The highest BCUT2D eigenvalue weighted by molar-refractivity contribution is 5.98. The van der Waals surface area contributed by atoms with Crippen molar-refractivity contribution in [1.82, 2.24) is 5.32 Å². The molecule has 2 amide bonds. The predicted octanol–water partition coefficient (Wildman–Crippen LogP) is 2.72. The molecule has 0 aliphatic carbocycles. The Morgan fingerprint density at radius 2 is 1.88 bits per heavy atom. The smallest absolute Gasteiger partial charge is 0.239 e. The first-order valence-corrected chi connectivity index (χ1v) is 8.78. The molecule has 0 unspecified atom stereocenters. The molecule has 2 aromatic carbocycles. The molecule has 0 bridgehead atoms. The number of hydrogen-bond acceptors (Lipinski definition) is 3. The van der Waals surface area contributed by atoms with Crippen LogP contribution in [0.3, 0.4) is 0 Å².